The van der Waals surface area contributed by atoms with Gasteiger partial charge in [0.25, 0.3) is 11.8 Å². The molecule has 5 heteroatoms. The molecule has 2 aromatic rings. The number of imide groups is 1. The average molecular weight is 399 g/mol. The van der Waals surface area contributed by atoms with E-state index in [1.54, 1.807) is 0 Å². The molecular weight excluding hydrogens is 380 g/mol. The fraction of sp³-hybridized carbons (Fsp3) is 0.200. The molecule has 1 N–H and O–H groups in total. The second-order valence-electron chi connectivity index (χ2n) is 6.37. The molecule has 1 heterocycles. The van der Waals surface area contributed by atoms with Crippen LogP contribution in [0.1, 0.15) is 19.4 Å². The van der Waals surface area contributed by atoms with Crippen LogP contribution in [0.25, 0.3) is 5.57 Å². The molecule has 0 aliphatic carbocycles. The smallest absolute Gasteiger partial charge is 0.278 e. The molecule has 0 unspecified atom stereocenters. The van der Waals surface area contributed by atoms with E-state index in [9.17, 15) is 9.59 Å². The van der Waals surface area contributed by atoms with Crippen LogP contribution in [-0.2, 0) is 9.59 Å². The highest BCUT2D eigenvalue weighted by Gasteiger charge is 2.39. The summed E-state index contributed by atoms with van der Waals surface area (Å²) in [7, 11) is 0. The standard InChI is InChI=1S/C20H19BrN2O2/c1-13(2)12-23-19(24)17(14-7-4-3-5-8-14)18(20(23)25)22-16-10-6-9-15(21)11-16/h3-11,13,22H,12H2,1-2H3. The van der Waals surface area contributed by atoms with Crippen LogP contribution in [0.5, 0.6) is 0 Å². The zero-order valence-electron chi connectivity index (χ0n) is 14.1. The predicted octanol–water partition coefficient (Wildman–Crippen LogP) is 4.30. The maximum Gasteiger partial charge on any atom is 0.278 e. The number of nitrogens with zero attached hydrogens (tertiary/aromatic N) is 1. The Morgan fingerprint density at radius 2 is 1.72 bits per heavy atom. The van der Waals surface area contributed by atoms with E-state index < -0.39 is 0 Å². The monoisotopic (exact) mass is 398 g/mol. The summed E-state index contributed by atoms with van der Waals surface area (Å²) in [6.45, 7) is 4.38. The minimum atomic E-state index is -0.280. The zero-order chi connectivity index (χ0) is 18.0. The fourth-order valence-corrected chi connectivity index (χ4v) is 3.21. The van der Waals surface area contributed by atoms with Crippen LogP contribution in [0.2, 0.25) is 0 Å². The summed E-state index contributed by atoms with van der Waals surface area (Å²) in [5.41, 5.74) is 2.25. The molecule has 0 spiro atoms. The molecule has 1 aliphatic heterocycles. The Balaban J connectivity index is 2.05. The highest BCUT2D eigenvalue weighted by molar-refractivity contribution is 9.10. The molecule has 0 bridgehead atoms. The van der Waals surface area contributed by atoms with Crippen molar-refractivity contribution in [3.63, 3.8) is 0 Å². The lowest BCUT2D eigenvalue weighted by atomic mass is 10.0. The molecule has 0 fully saturated rings. The first-order valence-electron chi connectivity index (χ1n) is 8.16. The number of hydrogen-bond acceptors (Lipinski definition) is 3. The SMILES string of the molecule is CC(C)CN1C(=O)C(Nc2cccc(Br)c2)=C(c2ccccc2)C1=O. The van der Waals surface area contributed by atoms with Crippen molar-refractivity contribution >= 4 is 39.0 Å². The summed E-state index contributed by atoms with van der Waals surface area (Å²) >= 11 is 3.42. The zero-order valence-corrected chi connectivity index (χ0v) is 15.7. The Morgan fingerprint density at radius 3 is 2.36 bits per heavy atom. The number of halogens is 1. The van der Waals surface area contributed by atoms with Gasteiger partial charge in [-0.3, -0.25) is 14.5 Å². The van der Waals surface area contributed by atoms with E-state index in [0.717, 1.165) is 15.7 Å². The molecule has 0 radical (unpaired) electrons. The summed E-state index contributed by atoms with van der Waals surface area (Å²) in [6.07, 6.45) is 0. The van der Waals surface area contributed by atoms with Gasteiger partial charge in [-0.05, 0) is 29.7 Å². The number of amides is 2. The molecule has 2 aromatic carbocycles. The third kappa shape index (κ3) is 3.66. The second kappa shape index (κ2) is 7.23. The number of anilines is 1. The van der Waals surface area contributed by atoms with E-state index in [0.29, 0.717) is 17.8 Å². The van der Waals surface area contributed by atoms with Crippen molar-refractivity contribution in [2.24, 2.45) is 5.92 Å². The molecule has 2 amide bonds. The van der Waals surface area contributed by atoms with Gasteiger partial charge in [0.1, 0.15) is 5.70 Å². The van der Waals surface area contributed by atoms with Crippen LogP contribution in [0.3, 0.4) is 0 Å². The number of carbonyl (C=O) groups excluding carboxylic acids is 2. The molecule has 4 nitrogen and oxygen atoms in total. The Bertz CT molecular complexity index is 844. The van der Waals surface area contributed by atoms with Crippen molar-refractivity contribution < 1.29 is 9.59 Å². The molecule has 1 aliphatic rings. The summed E-state index contributed by atoms with van der Waals surface area (Å²) in [6, 6.07) is 16.8. The van der Waals surface area contributed by atoms with Crippen LogP contribution in [0, 0.1) is 5.92 Å². The van der Waals surface area contributed by atoms with Gasteiger partial charge in [0.15, 0.2) is 0 Å². The molecule has 0 saturated carbocycles. The van der Waals surface area contributed by atoms with Crippen molar-refractivity contribution in [2.75, 3.05) is 11.9 Å². The van der Waals surface area contributed by atoms with Gasteiger partial charge in [0.05, 0.1) is 5.57 Å². The van der Waals surface area contributed by atoms with Gasteiger partial charge in [-0.25, -0.2) is 0 Å². The van der Waals surface area contributed by atoms with Crippen LogP contribution >= 0.6 is 15.9 Å². The summed E-state index contributed by atoms with van der Waals surface area (Å²) in [4.78, 5) is 27.1. The lowest BCUT2D eigenvalue weighted by Gasteiger charge is -2.17. The minimum Gasteiger partial charge on any atom is -0.350 e. The Kier molecular flexibility index (Phi) is 5.04. The van der Waals surface area contributed by atoms with Crippen molar-refractivity contribution in [3.05, 3.63) is 70.3 Å². The third-order valence-electron chi connectivity index (χ3n) is 3.87. The summed E-state index contributed by atoms with van der Waals surface area (Å²) in [5, 5.41) is 3.15. The van der Waals surface area contributed by atoms with Gasteiger partial charge >= 0.3 is 0 Å². The number of hydrogen-bond donors (Lipinski definition) is 1. The Hall–Kier alpha value is -2.40. The predicted molar refractivity (Wildman–Crippen MR) is 103 cm³/mol. The van der Waals surface area contributed by atoms with Crippen LogP contribution < -0.4 is 5.32 Å². The first-order chi connectivity index (χ1) is 12.0. The van der Waals surface area contributed by atoms with Crippen molar-refractivity contribution in [1.29, 1.82) is 0 Å². The fourth-order valence-electron chi connectivity index (χ4n) is 2.81. The van der Waals surface area contributed by atoms with E-state index >= 15 is 0 Å². The summed E-state index contributed by atoms with van der Waals surface area (Å²) < 4.78 is 0.898. The van der Waals surface area contributed by atoms with E-state index in [2.05, 4.69) is 21.2 Å². The quantitative estimate of drug-likeness (QED) is 0.763. The van der Waals surface area contributed by atoms with Crippen LogP contribution in [-0.4, -0.2) is 23.3 Å². The normalized spacial score (nSPS) is 14.6. The molecule has 25 heavy (non-hydrogen) atoms. The first kappa shape index (κ1) is 17.4. The maximum atomic E-state index is 12.9. The van der Waals surface area contributed by atoms with E-state index in [4.69, 9.17) is 0 Å². The van der Waals surface area contributed by atoms with Gasteiger partial charge < -0.3 is 5.32 Å². The molecule has 0 aromatic heterocycles. The van der Waals surface area contributed by atoms with Crippen LogP contribution in [0.4, 0.5) is 5.69 Å². The molecule has 0 atom stereocenters. The number of benzene rings is 2. The van der Waals surface area contributed by atoms with Gasteiger partial charge in [-0.15, -0.1) is 0 Å². The Labute approximate surface area is 155 Å². The van der Waals surface area contributed by atoms with Crippen molar-refractivity contribution in [2.45, 2.75) is 13.8 Å². The van der Waals surface area contributed by atoms with Gasteiger partial charge in [0, 0.05) is 16.7 Å². The highest BCUT2D eigenvalue weighted by atomic mass is 79.9. The first-order valence-corrected chi connectivity index (χ1v) is 8.95. The Morgan fingerprint density at radius 1 is 1.00 bits per heavy atom. The van der Waals surface area contributed by atoms with E-state index in [1.807, 2.05) is 68.4 Å². The lowest BCUT2D eigenvalue weighted by Crippen LogP contribution is -2.35. The summed E-state index contributed by atoms with van der Waals surface area (Å²) in [5.74, 6) is -0.324. The number of nitrogens with one attached hydrogen (secondary N) is 1. The molecule has 0 saturated heterocycles. The van der Waals surface area contributed by atoms with Crippen molar-refractivity contribution in [1.82, 2.24) is 4.90 Å². The lowest BCUT2D eigenvalue weighted by molar-refractivity contribution is -0.137. The molecule has 3 rings (SSSR count). The number of carbonyl (C=O) groups is 2. The number of rotatable bonds is 5. The van der Waals surface area contributed by atoms with Crippen molar-refractivity contribution in [3.8, 4) is 0 Å². The van der Waals surface area contributed by atoms with Crippen LogP contribution in [0.15, 0.2) is 64.8 Å². The highest BCUT2D eigenvalue weighted by Crippen LogP contribution is 2.31. The third-order valence-corrected chi connectivity index (χ3v) is 4.37. The van der Waals surface area contributed by atoms with E-state index in [-0.39, 0.29) is 17.7 Å². The molecular formula is C20H19BrN2O2. The minimum absolute atomic E-state index is 0.204. The topological polar surface area (TPSA) is 49.4 Å². The van der Waals surface area contributed by atoms with E-state index in [1.165, 1.54) is 4.90 Å². The average Bonchev–Trinajstić information content (AvgIpc) is 2.80. The van der Waals surface area contributed by atoms with Gasteiger partial charge in [-0.2, -0.15) is 0 Å². The molecule has 128 valence electrons. The maximum absolute atomic E-state index is 12.9. The second-order valence-corrected chi connectivity index (χ2v) is 7.28. The van der Waals surface area contributed by atoms with Gasteiger partial charge in [-0.1, -0.05) is 66.2 Å². The van der Waals surface area contributed by atoms with Gasteiger partial charge in [0.2, 0.25) is 0 Å². The largest absolute Gasteiger partial charge is 0.350 e.